The van der Waals surface area contributed by atoms with Gasteiger partial charge in [-0.05, 0) is 12.1 Å². The van der Waals surface area contributed by atoms with E-state index in [0.29, 0.717) is 23.7 Å². The maximum Gasteiger partial charge on any atom is 0.274 e. The summed E-state index contributed by atoms with van der Waals surface area (Å²) in [6.45, 7) is 0. The molecule has 0 radical (unpaired) electrons. The van der Waals surface area contributed by atoms with Gasteiger partial charge in [0.05, 0.1) is 0 Å². The van der Waals surface area contributed by atoms with Gasteiger partial charge in [0.25, 0.3) is 5.91 Å². The number of nitrogens with zero attached hydrogens (tertiary/aromatic N) is 5. The third-order valence-electron chi connectivity index (χ3n) is 3.01. The first-order valence-corrected chi connectivity index (χ1v) is 6.10. The van der Waals surface area contributed by atoms with E-state index in [1.165, 1.54) is 12.1 Å². The van der Waals surface area contributed by atoms with Gasteiger partial charge < -0.3 is 0 Å². The van der Waals surface area contributed by atoms with Gasteiger partial charge in [-0.2, -0.15) is 5.10 Å². The molecule has 8 nitrogen and oxygen atoms in total. The van der Waals surface area contributed by atoms with E-state index in [2.05, 4.69) is 20.6 Å². The van der Waals surface area contributed by atoms with Crippen LogP contribution in [0.4, 0.5) is 5.95 Å². The van der Waals surface area contributed by atoms with Gasteiger partial charge in [0.1, 0.15) is 5.71 Å². The molecule has 20 heavy (non-hydrogen) atoms. The Bertz CT molecular complexity index is 720. The monoisotopic (exact) mass is 272 g/mol. The number of anilines is 1. The Morgan fingerprint density at radius 1 is 1.30 bits per heavy atom. The van der Waals surface area contributed by atoms with Crippen molar-refractivity contribution in [2.75, 3.05) is 12.4 Å². The molecule has 0 unspecified atom stereocenters. The molecule has 2 amide bonds. The van der Waals surface area contributed by atoms with E-state index in [9.17, 15) is 9.59 Å². The zero-order valence-corrected chi connectivity index (χ0v) is 10.8. The first kappa shape index (κ1) is 12.3. The van der Waals surface area contributed by atoms with E-state index in [4.69, 9.17) is 0 Å². The molecule has 0 saturated carbocycles. The van der Waals surface area contributed by atoms with Crippen LogP contribution in [0.2, 0.25) is 0 Å². The Labute approximate surface area is 114 Å². The van der Waals surface area contributed by atoms with Gasteiger partial charge in [-0.15, -0.1) is 10.2 Å². The van der Waals surface area contributed by atoms with E-state index in [1.807, 2.05) is 12.1 Å². The topological polar surface area (TPSA) is 92.0 Å². The fourth-order valence-electron chi connectivity index (χ4n) is 1.93. The lowest BCUT2D eigenvalue weighted by atomic mass is 10.1. The van der Waals surface area contributed by atoms with E-state index in [-0.39, 0.29) is 18.2 Å². The summed E-state index contributed by atoms with van der Waals surface area (Å²) >= 11 is 0. The molecule has 3 rings (SSSR count). The van der Waals surface area contributed by atoms with E-state index >= 15 is 0 Å². The van der Waals surface area contributed by atoms with Crippen molar-refractivity contribution >= 4 is 29.1 Å². The summed E-state index contributed by atoms with van der Waals surface area (Å²) < 4.78 is 1.66. The van der Waals surface area contributed by atoms with Crippen LogP contribution in [0.5, 0.6) is 0 Å². The maximum absolute atomic E-state index is 12.1. The first-order valence-electron chi connectivity index (χ1n) is 6.10. The van der Waals surface area contributed by atoms with Crippen molar-refractivity contribution in [1.82, 2.24) is 19.6 Å². The number of carbonyl (C=O) groups excluding carboxylic acids is 2. The second kappa shape index (κ2) is 4.72. The van der Waals surface area contributed by atoms with Crippen molar-refractivity contribution in [1.29, 1.82) is 0 Å². The Hall–Kier alpha value is -2.77. The van der Waals surface area contributed by atoms with E-state index in [0.717, 1.165) is 0 Å². The molecule has 1 aliphatic heterocycles. The summed E-state index contributed by atoms with van der Waals surface area (Å²) in [5, 5.41) is 15.6. The van der Waals surface area contributed by atoms with Crippen molar-refractivity contribution in [3.63, 3.8) is 0 Å². The SMILES string of the molecule is CN1N=C(C(=O)Nc2nnc3ccccn23)CCC1=O. The molecule has 0 spiro atoms. The number of hydrazone groups is 1. The van der Waals surface area contributed by atoms with Crippen LogP contribution in [0.25, 0.3) is 5.65 Å². The van der Waals surface area contributed by atoms with Gasteiger partial charge in [0, 0.05) is 26.1 Å². The van der Waals surface area contributed by atoms with Crippen molar-refractivity contribution in [2.24, 2.45) is 5.10 Å². The van der Waals surface area contributed by atoms with E-state index < -0.39 is 0 Å². The number of carbonyl (C=O) groups is 2. The number of hydrogen-bond acceptors (Lipinski definition) is 5. The normalized spacial score (nSPS) is 15.3. The lowest BCUT2D eigenvalue weighted by Gasteiger charge is -2.18. The average Bonchev–Trinajstić information content (AvgIpc) is 2.85. The summed E-state index contributed by atoms with van der Waals surface area (Å²) in [5.41, 5.74) is 0.945. The van der Waals surface area contributed by atoms with Crippen molar-refractivity contribution in [3.8, 4) is 0 Å². The second-order valence-corrected chi connectivity index (χ2v) is 4.37. The highest BCUT2D eigenvalue weighted by Gasteiger charge is 2.22. The number of hydrogen-bond donors (Lipinski definition) is 1. The highest BCUT2D eigenvalue weighted by atomic mass is 16.2. The summed E-state index contributed by atoms with van der Waals surface area (Å²) in [4.78, 5) is 23.4. The molecule has 2 aromatic rings. The number of fused-ring (bicyclic) bond motifs is 1. The van der Waals surface area contributed by atoms with Crippen LogP contribution < -0.4 is 5.32 Å². The maximum atomic E-state index is 12.1. The zero-order valence-electron chi connectivity index (χ0n) is 10.8. The van der Waals surface area contributed by atoms with Crippen LogP contribution >= 0.6 is 0 Å². The Morgan fingerprint density at radius 2 is 2.15 bits per heavy atom. The molecule has 0 aromatic carbocycles. The van der Waals surface area contributed by atoms with Crippen LogP contribution in [0.3, 0.4) is 0 Å². The predicted octanol–water partition coefficient (Wildman–Crippen LogP) is 0.276. The van der Waals surface area contributed by atoms with Gasteiger partial charge in [-0.25, -0.2) is 5.01 Å². The van der Waals surface area contributed by atoms with Crippen molar-refractivity contribution < 1.29 is 9.59 Å². The third-order valence-corrected chi connectivity index (χ3v) is 3.01. The number of nitrogens with one attached hydrogen (secondary N) is 1. The zero-order chi connectivity index (χ0) is 14.1. The van der Waals surface area contributed by atoms with Gasteiger partial charge in [0.15, 0.2) is 5.65 Å². The molecular weight excluding hydrogens is 260 g/mol. The summed E-state index contributed by atoms with van der Waals surface area (Å²) in [7, 11) is 1.53. The molecule has 102 valence electrons. The standard InChI is InChI=1S/C12H12N6O2/c1-17-10(19)6-5-8(16-17)11(20)13-12-15-14-9-4-2-3-7-18(9)12/h2-4,7H,5-6H2,1H3,(H,13,15,20). The van der Waals surface area contributed by atoms with Crippen molar-refractivity contribution in [2.45, 2.75) is 12.8 Å². The molecule has 8 heteroatoms. The van der Waals surface area contributed by atoms with Crippen LogP contribution in [-0.2, 0) is 9.59 Å². The highest BCUT2D eigenvalue weighted by Crippen LogP contribution is 2.11. The summed E-state index contributed by atoms with van der Waals surface area (Å²) in [6, 6.07) is 5.44. The van der Waals surface area contributed by atoms with Crippen LogP contribution in [0.1, 0.15) is 12.8 Å². The Morgan fingerprint density at radius 3 is 2.95 bits per heavy atom. The summed E-state index contributed by atoms with van der Waals surface area (Å²) in [5.74, 6) is -0.148. The molecule has 0 fully saturated rings. The Balaban J connectivity index is 1.83. The quantitative estimate of drug-likeness (QED) is 0.849. The lowest BCUT2D eigenvalue weighted by Crippen LogP contribution is -2.34. The van der Waals surface area contributed by atoms with Crippen LogP contribution in [0, 0.1) is 0 Å². The average molecular weight is 272 g/mol. The molecule has 0 saturated heterocycles. The minimum Gasteiger partial charge on any atom is -0.289 e. The smallest absolute Gasteiger partial charge is 0.274 e. The molecule has 3 heterocycles. The number of aromatic nitrogens is 3. The highest BCUT2D eigenvalue weighted by molar-refractivity contribution is 6.43. The summed E-state index contributed by atoms with van der Waals surface area (Å²) in [6.07, 6.45) is 2.36. The fourth-order valence-corrected chi connectivity index (χ4v) is 1.93. The van der Waals surface area contributed by atoms with Gasteiger partial charge in [-0.1, -0.05) is 6.07 Å². The predicted molar refractivity (Wildman–Crippen MR) is 71.1 cm³/mol. The molecule has 0 bridgehead atoms. The largest absolute Gasteiger partial charge is 0.289 e. The van der Waals surface area contributed by atoms with Crippen molar-refractivity contribution in [3.05, 3.63) is 24.4 Å². The fraction of sp³-hybridized carbons (Fsp3) is 0.250. The molecular formula is C12H12N6O2. The third kappa shape index (κ3) is 2.11. The number of rotatable bonds is 2. The minimum absolute atomic E-state index is 0.102. The van der Waals surface area contributed by atoms with Gasteiger partial charge >= 0.3 is 0 Å². The number of amides is 2. The number of pyridine rings is 1. The molecule has 2 aromatic heterocycles. The molecule has 1 N–H and O–H groups in total. The molecule has 1 aliphatic rings. The first-order chi connectivity index (χ1) is 9.65. The van der Waals surface area contributed by atoms with Gasteiger partial charge in [0.2, 0.25) is 11.9 Å². The Kier molecular flexibility index (Phi) is 2.90. The van der Waals surface area contributed by atoms with E-state index in [1.54, 1.807) is 16.7 Å². The van der Waals surface area contributed by atoms with Gasteiger partial charge in [-0.3, -0.25) is 19.3 Å². The van der Waals surface area contributed by atoms with Crippen LogP contribution in [0.15, 0.2) is 29.5 Å². The lowest BCUT2D eigenvalue weighted by molar-refractivity contribution is -0.130. The molecule has 0 aliphatic carbocycles. The van der Waals surface area contributed by atoms with Crippen LogP contribution in [-0.4, -0.2) is 44.2 Å². The second-order valence-electron chi connectivity index (χ2n) is 4.37. The molecule has 0 atom stereocenters. The minimum atomic E-state index is -0.373.